The Labute approximate surface area is 442 Å². The van der Waals surface area contributed by atoms with Gasteiger partial charge in [-0.1, -0.05) is 90.1 Å². The summed E-state index contributed by atoms with van der Waals surface area (Å²) in [6.07, 6.45) is 8.01. The van der Waals surface area contributed by atoms with Gasteiger partial charge in [0, 0.05) is 48.3 Å². The van der Waals surface area contributed by atoms with Crippen molar-refractivity contribution in [2.45, 2.75) is 135 Å². The molecule has 0 radical (unpaired) electrons. The van der Waals surface area contributed by atoms with E-state index in [1.807, 2.05) is 58.0 Å². The lowest BCUT2D eigenvalue weighted by atomic mass is 10.0. The third-order valence-electron chi connectivity index (χ3n) is 12.4. The quantitative estimate of drug-likeness (QED) is 0.0314. The Morgan fingerprint density at radius 2 is 1.29 bits per heavy atom. The van der Waals surface area contributed by atoms with Crippen LogP contribution in [0.5, 0.6) is 0 Å². The Morgan fingerprint density at radius 3 is 1.92 bits per heavy atom. The third-order valence-corrected chi connectivity index (χ3v) is 12.4. The zero-order valence-electron chi connectivity index (χ0n) is 44.2. The number of H-pyrrole nitrogens is 2. The Balaban J connectivity index is 1.43. The molecular weight excluding hydrogens is 977 g/mol. The molecule has 412 valence electrons. The number of imidazole rings is 1. The Morgan fingerprint density at radius 1 is 0.645 bits per heavy atom. The van der Waals surface area contributed by atoms with E-state index < -0.39 is 114 Å². The van der Waals surface area contributed by atoms with Crippen LogP contribution in [0.3, 0.4) is 0 Å². The Hall–Kier alpha value is -8.08. The fourth-order valence-electron chi connectivity index (χ4n) is 8.05. The highest BCUT2D eigenvalue weighted by Crippen LogP contribution is 2.20. The number of nitrogens with one attached hydrogen (secondary N) is 10. The van der Waals surface area contributed by atoms with Crippen LogP contribution in [0, 0.1) is 17.8 Å². The normalized spacial score (nSPS) is 14.6. The summed E-state index contributed by atoms with van der Waals surface area (Å²) < 4.78 is 0. The zero-order valence-corrected chi connectivity index (χ0v) is 44.2. The van der Waals surface area contributed by atoms with Gasteiger partial charge in [-0.25, -0.2) is 4.98 Å². The summed E-state index contributed by atoms with van der Waals surface area (Å²) in [5, 5.41) is 22.5. The van der Waals surface area contributed by atoms with Crippen LogP contribution in [0.1, 0.15) is 84.5 Å². The van der Waals surface area contributed by atoms with Crippen molar-refractivity contribution in [1.82, 2.24) is 57.5 Å². The van der Waals surface area contributed by atoms with Crippen molar-refractivity contribution in [3.63, 3.8) is 0 Å². The molecule has 0 aliphatic heterocycles. The van der Waals surface area contributed by atoms with Crippen molar-refractivity contribution < 1.29 is 43.2 Å². The number of rotatable bonds is 31. The molecule has 0 saturated heterocycles. The SMILES string of the molecule is CC(C)C[C@@H](N/C=C/[C@@H](NC(=O)[C@H](Cc1cnc[nH]1)NC(=O)CNC(=O)[C@@H](NC(=O)[C@H](C)NC(=O)[C@H](Cc1c[nH]c2ccccc12)NC(=O)[C@H](CCC(N)=O)NC(=O)[C@H](N)Cc1ccccc1)C(C)C)C(C)C)C(N)=O. The predicted molar refractivity (Wildman–Crippen MR) is 286 cm³/mol. The lowest BCUT2D eigenvalue weighted by Gasteiger charge is -2.26. The van der Waals surface area contributed by atoms with Gasteiger partial charge in [-0.3, -0.25) is 43.2 Å². The number of aromatic amines is 2. The van der Waals surface area contributed by atoms with Crippen molar-refractivity contribution in [2.24, 2.45) is 35.0 Å². The average molecular weight is 1050 g/mol. The topological polar surface area (TPSA) is 372 Å². The van der Waals surface area contributed by atoms with Gasteiger partial charge in [-0.2, -0.15) is 0 Å². The monoisotopic (exact) mass is 1050 g/mol. The molecular formula is C53H76N14O9. The minimum absolute atomic E-state index is 0.0212. The van der Waals surface area contributed by atoms with Crippen molar-refractivity contribution >= 4 is 64.1 Å². The van der Waals surface area contributed by atoms with Crippen molar-refractivity contribution in [3.8, 4) is 0 Å². The van der Waals surface area contributed by atoms with Gasteiger partial charge in [0.05, 0.1) is 25.0 Å². The molecule has 0 bridgehead atoms. The lowest BCUT2D eigenvalue weighted by molar-refractivity contribution is -0.135. The highest BCUT2D eigenvalue weighted by molar-refractivity contribution is 5.97. The first-order valence-corrected chi connectivity index (χ1v) is 25.4. The number of carbonyl (C=O) groups excluding carboxylic acids is 9. The number of nitrogens with zero attached hydrogens (tertiary/aromatic N) is 1. The van der Waals surface area contributed by atoms with E-state index in [2.05, 4.69) is 57.5 Å². The first kappa shape index (κ1) is 60.5. The van der Waals surface area contributed by atoms with Gasteiger partial charge in [0.1, 0.15) is 36.3 Å². The van der Waals surface area contributed by atoms with E-state index in [1.165, 1.54) is 19.4 Å². The summed E-state index contributed by atoms with van der Waals surface area (Å²) >= 11 is 0. The molecule has 0 aliphatic carbocycles. The fraction of sp³-hybridized carbons (Fsp3) is 0.472. The number of fused-ring (bicyclic) bond motifs is 1. The summed E-state index contributed by atoms with van der Waals surface area (Å²) in [5.74, 6) is -6.69. The highest BCUT2D eigenvalue weighted by Gasteiger charge is 2.33. The van der Waals surface area contributed by atoms with Gasteiger partial charge in [0.2, 0.25) is 53.2 Å². The molecule has 0 spiro atoms. The molecule has 0 unspecified atom stereocenters. The predicted octanol–water partition coefficient (Wildman–Crippen LogP) is -0.128. The van der Waals surface area contributed by atoms with Crippen LogP contribution in [0.15, 0.2) is 85.6 Å². The number of primary amides is 2. The molecule has 2 heterocycles. The second-order valence-corrected chi connectivity index (χ2v) is 20.0. The number of hydrogen-bond donors (Lipinski definition) is 13. The van der Waals surface area contributed by atoms with Crippen LogP contribution in [0.25, 0.3) is 10.9 Å². The number of hydrogen-bond acceptors (Lipinski definition) is 12. The van der Waals surface area contributed by atoms with Crippen LogP contribution < -0.4 is 59.7 Å². The maximum atomic E-state index is 14.2. The molecule has 0 saturated carbocycles. The fourth-order valence-corrected chi connectivity index (χ4v) is 8.05. The molecule has 16 N–H and O–H groups in total. The molecule has 4 rings (SSSR count). The van der Waals surface area contributed by atoms with Gasteiger partial charge < -0.3 is 69.7 Å². The van der Waals surface area contributed by atoms with Crippen molar-refractivity contribution in [2.75, 3.05) is 6.54 Å². The lowest BCUT2D eigenvalue weighted by Crippen LogP contribution is -2.59. The van der Waals surface area contributed by atoms with E-state index >= 15 is 0 Å². The van der Waals surface area contributed by atoms with Crippen molar-refractivity contribution in [3.05, 3.63) is 102 Å². The van der Waals surface area contributed by atoms with E-state index in [-0.39, 0.29) is 43.9 Å². The van der Waals surface area contributed by atoms with E-state index in [9.17, 15) is 43.2 Å². The number of benzene rings is 2. The third kappa shape index (κ3) is 19.6. The van der Waals surface area contributed by atoms with E-state index in [1.54, 1.807) is 56.6 Å². The first-order chi connectivity index (χ1) is 36.0. The van der Waals surface area contributed by atoms with Gasteiger partial charge >= 0.3 is 0 Å². The van der Waals surface area contributed by atoms with Crippen LogP contribution in [0.4, 0.5) is 0 Å². The minimum Gasteiger partial charge on any atom is -0.380 e. The zero-order chi connectivity index (χ0) is 56.1. The first-order valence-electron chi connectivity index (χ1n) is 25.4. The molecule has 8 atom stereocenters. The summed E-state index contributed by atoms with van der Waals surface area (Å²) in [6.45, 7) is 11.8. The van der Waals surface area contributed by atoms with Gasteiger partial charge in [-0.15, -0.1) is 0 Å². The molecule has 0 aliphatic rings. The molecule has 76 heavy (non-hydrogen) atoms. The number of carbonyl (C=O) groups is 9. The molecule has 9 amide bonds. The summed E-state index contributed by atoms with van der Waals surface area (Å²) in [7, 11) is 0. The number of para-hydroxylation sites is 1. The largest absolute Gasteiger partial charge is 0.380 e. The van der Waals surface area contributed by atoms with Crippen molar-refractivity contribution in [1.29, 1.82) is 0 Å². The molecule has 23 heteroatoms. The van der Waals surface area contributed by atoms with Gasteiger partial charge in [-0.05, 0) is 73.4 Å². The number of nitrogens with two attached hydrogens (primary N) is 3. The molecule has 0 fully saturated rings. The average Bonchev–Trinajstić information content (AvgIpc) is 4.04. The Bertz CT molecular complexity index is 2620. The highest BCUT2D eigenvalue weighted by atomic mass is 16.2. The molecule has 4 aromatic rings. The Kier molecular flexibility index (Phi) is 23.6. The minimum atomic E-state index is -1.34. The van der Waals surface area contributed by atoms with Gasteiger partial charge in [0.15, 0.2) is 0 Å². The second kappa shape index (κ2) is 29.7. The van der Waals surface area contributed by atoms with E-state index in [0.717, 1.165) is 16.5 Å². The van der Waals surface area contributed by atoms with Gasteiger partial charge in [0.25, 0.3) is 0 Å². The maximum absolute atomic E-state index is 14.2. The van der Waals surface area contributed by atoms with E-state index in [0.29, 0.717) is 17.7 Å². The number of aromatic nitrogens is 3. The molecule has 2 aromatic carbocycles. The number of amides is 9. The maximum Gasteiger partial charge on any atom is 0.243 e. The smallest absolute Gasteiger partial charge is 0.243 e. The summed E-state index contributed by atoms with van der Waals surface area (Å²) in [4.78, 5) is 130. The molecule has 2 aromatic heterocycles. The molecule has 23 nitrogen and oxygen atoms in total. The van der Waals surface area contributed by atoms with Crippen LogP contribution in [-0.2, 0) is 62.4 Å². The summed E-state index contributed by atoms with van der Waals surface area (Å²) in [5.41, 5.74) is 19.9. The van der Waals surface area contributed by atoms with Crippen LogP contribution in [-0.4, -0.2) is 123 Å². The summed E-state index contributed by atoms with van der Waals surface area (Å²) in [6, 6.07) is 7.83. The van der Waals surface area contributed by atoms with Crippen LogP contribution >= 0.6 is 0 Å². The second-order valence-electron chi connectivity index (χ2n) is 20.0. The van der Waals surface area contributed by atoms with E-state index in [4.69, 9.17) is 17.2 Å². The van der Waals surface area contributed by atoms with Crippen LogP contribution in [0.2, 0.25) is 0 Å². The standard InChI is InChI=1S/C53H76N14O9/c1-29(2)21-41(47(56)70)58-20-19-38(30(3)4)64-52(75)43(24-35-26-57-28-61-35)63-45(69)27-60-53(76)46(31(5)6)67-48(71)32(7)62-51(74)42(23-34-25-59-39-16-12-11-15-36(34)39)66-50(73)40(17-18-44(55)68)65-49(72)37(54)22-33-13-9-8-10-14-33/h8-16,19-20,25-26,28-32,37-38,40-43,46,58-59H,17-18,21-24,27,54H2,1-7H3,(H2,55,68)(H2,56,70)(H,57,61)(H,60,76)(H,62,74)(H,63,69)(H,64,75)(H,65,72)(H,66,73)(H,67,71)/b20-19+/t32-,37+,38+,40-,41+,42-,43-,46-/m0/s1.